The second-order valence-electron chi connectivity index (χ2n) is 6.91. The standard InChI is InChI=1S/C19H18N4O5S/c24-17-10-18(25)22-16-9-14(6-7-15(16)21-17)29(27,28)23-13-3-1-2-11(8-13)19(26)20-12-4-5-12/h1-3,6-9,12,23H,4-5,10H2,(H,20,26)(H,21,24)(H,22,25). The maximum atomic E-state index is 12.8. The van der Waals surface area contributed by atoms with E-state index in [2.05, 4.69) is 20.7 Å². The lowest BCUT2D eigenvalue weighted by Gasteiger charge is -2.12. The lowest BCUT2D eigenvalue weighted by atomic mass is 10.2. The number of carbonyl (C=O) groups excluding carboxylic acids is 3. The first-order valence-electron chi connectivity index (χ1n) is 8.98. The zero-order valence-corrected chi connectivity index (χ0v) is 16.0. The molecule has 0 spiro atoms. The third-order valence-corrected chi connectivity index (χ3v) is 5.84. The number of anilines is 3. The number of carbonyl (C=O) groups is 3. The second kappa shape index (κ2) is 7.21. The minimum atomic E-state index is -3.99. The molecule has 1 heterocycles. The van der Waals surface area contributed by atoms with E-state index in [0.717, 1.165) is 12.8 Å². The molecule has 10 heteroatoms. The number of fused-ring (bicyclic) bond motifs is 1. The summed E-state index contributed by atoms with van der Waals surface area (Å²) in [6, 6.07) is 10.4. The molecule has 29 heavy (non-hydrogen) atoms. The summed E-state index contributed by atoms with van der Waals surface area (Å²) in [5.74, 6) is -1.26. The van der Waals surface area contributed by atoms with E-state index in [-0.39, 0.29) is 34.6 Å². The molecule has 4 rings (SSSR count). The Bertz CT molecular complexity index is 1130. The van der Waals surface area contributed by atoms with Crippen LogP contribution < -0.4 is 20.7 Å². The van der Waals surface area contributed by atoms with E-state index < -0.39 is 21.8 Å². The molecule has 0 bridgehead atoms. The zero-order chi connectivity index (χ0) is 20.6. The fourth-order valence-corrected chi connectivity index (χ4v) is 3.95. The van der Waals surface area contributed by atoms with Gasteiger partial charge in [0, 0.05) is 17.3 Å². The van der Waals surface area contributed by atoms with Crippen molar-refractivity contribution in [3.05, 3.63) is 48.0 Å². The SMILES string of the molecule is O=C1CC(=O)Nc2cc(S(=O)(=O)Nc3cccc(C(=O)NC4CC4)c3)ccc2N1. The molecule has 0 radical (unpaired) electrons. The van der Waals surface area contributed by atoms with E-state index in [1.807, 2.05) is 0 Å². The van der Waals surface area contributed by atoms with Crippen molar-refractivity contribution >= 4 is 44.8 Å². The summed E-state index contributed by atoms with van der Waals surface area (Å²) < 4.78 is 28.0. The molecule has 1 aliphatic heterocycles. The molecule has 0 aromatic heterocycles. The Labute approximate surface area is 166 Å². The highest BCUT2D eigenvalue weighted by Crippen LogP contribution is 2.29. The molecule has 1 fully saturated rings. The number of benzene rings is 2. The van der Waals surface area contributed by atoms with Gasteiger partial charge >= 0.3 is 0 Å². The number of rotatable bonds is 5. The van der Waals surface area contributed by atoms with Gasteiger partial charge in [0.05, 0.1) is 16.3 Å². The Morgan fingerprint density at radius 3 is 2.41 bits per heavy atom. The van der Waals surface area contributed by atoms with Crippen LogP contribution in [-0.4, -0.2) is 32.2 Å². The van der Waals surface area contributed by atoms with Crippen LogP contribution in [0.15, 0.2) is 47.4 Å². The van der Waals surface area contributed by atoms with Crippen LogP contribution in [0.25, 0.3) is 0 Å². The summed E-state index contributed by atoms with van der Waals surface area (Å²) in [6.45, 7) is 0. The van der Waals surface area contributed by atoms with Crippen molar-refractivity contribution in [2.45, 2.75) is 30.2 Å². The average molecular weight is 414 g/mol. The average Bonchev–Trinajstić information content (AvgIpc) is 3.47. The largest absolute Gasteiger partial charge is 0.349 e. The van der Waals surface area contributed by atoms with Crippen LogP contribution in [0.2, 0.25) is 0 Å². The van der Waals surface area contributed by atoms with Gasteiger partial charge in [0.15, 0.2) is 0 Å². The van der Waals surface area contributed by atoms with Gasteiger partial charge in [-0.2, -0.15) is 0 Å². The first-order valence-corrected chi connectivity index (χ1v) is 10.5. The Balaban J connectivity index is 1.57. The lowest BCUT2D eigenvalue weighted by Crippen LogP contribution is -2.25. The topological polar surface area (TPSA) is 133 Å². The predicted octanol–water partition coefficient (Wildman–Crippen LogP) is 1.66. The van der Waals surface area contributed by atoms with Crippen molar-refractivity contribution in [2.75, 3.05) is 15.4 Å². The number of sulfonamides is 1. The molecule has 0 unspecified atom stereocenters. The van der Waals surface area contributed by atoms with Crippen LogP contribution in [0.4, 0.5) is 17.1 Å². The number of nitrogens with one attached hydrogen (secondary N) is 4. The van der Waals surface area contributed by atoms with Crippen LogP contribution in [0.5, 0.6) is 0 Å². The summed E-state index contributed by atoms with van der Waals surface area (Å²) >= 11 is 0. The van der Waals surface area contributed by atoms with Crippen LogP contribution in [0.1, 0.15) is 29.6 Å². The van der Waals surface area contributed by atoms with Gasteiger partial charge in [0.25, 0.3) is 15.9 Å². The predicted molar refractivity (Wildman–Crippen MR) is 106 cm³/mol. The first kappa shape index (κ1) is 18.9. The normalized spacial score (nSPS) is 16.1. The van der Waals surface area contributed by atoms with Gasteiger partial charge in [-0.15, -0.1) is 0 Å². The van der Waals surface area contributed by atoms with Crippen LogP contribution in [0, 0.1) is 0 Å². The minimum Gasteiger partial charge on any atom is -0.349 e. The van der Waals surface area contributed by atoms with Crippen molar-refractivity contribution in [3.8, 4) is 0 Å². The molecule has 0 atom stereocenters. The third-order valence-electron chi connectivity index (χ3n) is 4.46. The van der Waals surface area contributed by atoms with E-state index in [4.69, 9.17) is 0 Å². The summed E-state index contributed by atoms with van der Waals surface area (Å²) in [5.41, 5.74) is 1.11. The van der Waals surface area contributed by atoms with E-state index in [1.54, 1.807) is 12.1 Å². The van der Waals surface area contributed by atoms with Gasteiger partial charge in [-0.3, -0.25) is 19.1 Å². The fourth-order valence-electron chi connectivity index (χ4n) is 2.87. The van der Waals surface area contributed by atoms with Gasteiger partial charge in [-0.1, -0.05) is 6.07 Å². The van der Waals surface area contributed by atoms with Crippen molar-refractivity contribution in [1.82, 2.24) is 5.32 Å². The Morgan fingerprint density at radius 2 is 1.69 bits per heavy atom. The second-order valence-corrected chi connectivity index (χ2v) is 8.60. The van der Waals surface area contributed by atoms with E-state index in [0.29, 0.717) is 11.3 Å². The minimum absolute atomic E-state index is 0.0967. The highest BCUT2D eigenvalue weighted by atomic mass is 32.2. The molecular weight excluding hydrogens is 396 g/mol. The summed E-state index contributed by atoms with van der Waals surface area (Å²) in [4.78, 5) is 35.4. The van der Waals surface area contributed by atoms with Crippen LogP contribution in [0.3, 0.4) is 0 Å². The van der Waals surface area contributed by atoms with E-state index in [9.17, 15) is 22.8 Å². The highest BCUT2D eigenvalue weighted by Gasteiger charge is 2.24. The van der Waals surface area contributed by atoms with Crippen molar-refractivity contribution in [2.24, 2.45) is 0 Å². The molecule has 0 saturated heterocycles. The quantitative estimate of drug-likeness (QED) is 0.552. The summed E-state index contributed by atoms with van der Waals surface area (Å²) in [7, 11) is -3.99. The van der Waals surface area contributed by atoms with E-state index >= 15 is 0 Å². The Kier molecular flexibility index (Phi) is 4.71. The number of hydrogen-bond donors (Lipinski definition) is 4. The number of hydrogen-bond acceptors (Lipinski definition) is 5. The summed E-state index contributed by atoms with van der Waals surface area (Å²) in [5, 5.41) is 7.90. The zero-order valence-electron chi connectivity index (χ0n) is 15.2. The molecule has 1 aliphatic carbocycles. The monoisotopic (exact) mass is 414 g/mol. The van der Waals surface area contributed by atoms with Gasteiger partial charge < -0.3 is 16.0 Å². The molecule has 9 nitrogen and oxygen atoms in total. The van der Waals surface area contributed by atoms with Gasteiger partial charge in [-0.05, 0) is 49.2 Å². The first-order chi connectivity index (χ1) is 13.8. The molecule has 2 aromatic rings. The van der Waals surface area contributed by atoms with Gasteiger partial charge in [0.1, 0.15) is 6.42 Å². The molecule has 2 aliphatic rings. The van der Waals surface area contributed by atoms with Crippen molar-refractivity contribution in [3.63, 3.8) is 0 Å². The highest BCUT2D eigenvalue weighted by molar-refractivity contribution is 7.92. The van der Waals surface area contributed by atoms with Gasteiger partial charge in [0.2, 0.25) is 11.8 Å². The lowest BCUT2D eigenvalue weighted by molar-refractivity contribution is -0.123. The summed E-state index contributed by atoms with van der Waals surface area (Å²) in [6.07, 6.45) is 1.56. The molecule has 4 N–H and O–H groups in total. The van der Waals surface area contributed by atoms with Gasteiger partial charge in [-0.25, -0.2) is 8.42 Å². The third kappa shape index (κ3) is 4.37. The maximum absolute atomic E-state index is 12.8. The molecule has 150 valence electrons. The van der Waals surface area contributed by atoms with Crippen molar-refractivity contribution < 1.29 is 22.8 Å². The molecule has 3 amide bonds. The Morgan fingerprint density at radius 1 is 0.966 bits per heavy atom. The molecule has 2 aromatic carbocycles. The Hall–Kier alpha value is -3.40. The van der Waals surface area contributed by atoms with E-state index in [1.165, 1.54) is 30.3 Å². The maximum Gasteiger partial charge on any atom is 0.261 e. The van der Waals surface area contributed by atoms with Crippen LogP contribution in [-0.2, 0) is 19.6 Å². The fraction of sp³-hybridized carbons (Fsp3) is 0.211. The van der Waals surface area contributed by atoms with Crippen molar-refractivity contribution in [1.29, 1.82) is 0 Å². The van der Waals surface area contributed by atoms with Crippen LogP contribution >= 0.6 is 0 Å². The smallest absolute Gasteiger partial charge is 0.261 e. The number of amides is 3. The molecule has 1 saturated carbocycles. The molecular formula is C19H18N4O5S.